The van der Waals surface area contributed by atoms with Gasteiger partial charge in [0.15, 0.2) is 0 Å². The number of nitrogens with zero attached hydrogens (tertiary/aromatic N) is 3. The third-order valence-corrected chi connectivity index (χ3v) is 4.62. The maximum Gasteiger partial charge on any atom is 0.344 e. The first-order valence-electron chi connectivity index (χ1n) is 8.62. The Bertz CT molecular complexity index is 1050. The predicted octanol–water partition coefficient (Wildman–Crippen LogP) is 1.98. The average Bonchev–Trinajstić information content (AvgIpc) is 3.30. The number of rotatable bonds is 4. The van der Waals surface area contributed by atoms with Gasteiger partial charge in [-0.2, -0.15) is 10.1 Å². The number of aromatic nitrogens is 2. The van der Waals surface area contributed by atoms with Crippen molar-refractivity contribution in [3.8, 4) is 5.69 Å². The van der Waals surface area contributed by atoms with Crippen molar-refractivity contribution in [3.05, 3.63) is 84.2 Å². The van der Waals surface area contributed by atoms with E-state index in [1.807, 2.05) is 36.4 Å². The predicted molar refractivity (Wildman–Crippen MR) is 100 cm³/mol. The van der Waals surface area contributed by atoms with Crippen LogP contribution in [0.4, 0.5) is 4.79 Å². The van der Waals surface area contributed by atoms with Gasteiger partial charge in [0, 0.05) is 6.20 Å². The van der Waals surface area contributed by atoms with Crippen molar-refractivity contribution in [1.29, 1.82) is 0 Å². The van der Waals surface area contributed by atoms with E-state index in [0.717, 1.165) is 5.69 Å². The summed E-state index contributed by atoms with van der Waals surface area (Å²) in [5.41, 5.74) is 2.75. The summed E-state index contributed by atoms with van der Waals surface area (Å²) in [6, 6.07) is 17.4. The quantitative estimate of drug-likeness (QED) is 0.682. The van der Waals surface area contributed by atoms with Gasteiger partial charge >= 0.3 is 6.03 Å². The van der Waals surface area contributed by atoms with Crippen molar-refractivity contribution >= 4 is 17.8 Å². The first-order valence-corrected chi connectivity index (χ1v) is 8.62. The summed E-state index contributed by atoms with van der Waals surface area (Å²) < 4.78 is 1.54. The second-order valence-electron chi connectivity index (χ2n) is 6.51. The summed E-state index contributed by atoms with van der Waals surface area (Å²) in [5, 5.41) is 7.49. The van der Waals surface area contributed by atoms with E-state index < -0.39 is 23.4 Å². The molecule has 2 aromatic carbocycles. The van der Waals surface area contributed by atoms with Crippen molar-refractivity contribution < 1.29 is 14.4 Å². The van der Waals surface area contributed by atoms with E-state index in [1.54, 1.807) is 31.2 Å². The summed E-state index contributed by atoms with van der Waals surface area (Å²) >= 11 is 0. The molecule has 1 saturated heterocycles. The Labute approximate surface area is 160 Å². The lowest BCUT2D eigenvalue weighted by Gasteiger charge is -2.21. The molecule has 1 aliphatic rings. The fourth-order valence-corrected chi connectivity index (χ4v) is 3.04. The lowest BCUT2D eigenvalue weighted by Crippen LogP contribution is -2.47. The Morgan fingerprint density at radius 3 is 2.36 bits per heavy atom. The molecule has 0 radical (unpaired) electrons. The number of hydrazine groups is 1. The zero-order valence-electron chi connectivity index (χ0n) is 15.0. The topological polar surface area (TPSA) is 96.3 Å². The molecular weight excluding hydrogens is 358 g/mol. The molecule has 140 valence electrons. The Morgan fingerprint density at radius 2 is 1.68 bits per heavy atom. The first-order chi connectivity index (χ1) is 13.5. The first kappa shape index (κ1) is 17.5. The zero-order valence-corrected chi connectivity index (χ0v) is 15.0. The Hall–Kier alpha value is -3.94. The van der Waals surface area contributed by atoms with Gasteiger partial charge in [-0.05, 0) is 24.6 Å². The Balaban J connectivity index is 1.53. The van der Waals surface area contributed by atoms with Gasteiger partial charge in [0.1, 0.15) is 5.54 Å². The summed E-state index contributed by atoms with van der Waals surface area (Å²) in [6.07, 6.45) is 2.90. The SMILES string of the molecule is CC1(c2ccccc2)NC(=O)N(NC(=O)c2cnn(-c3ccccc3)c2)C1=O. The molecule has 0 aliphatic carbocycles. The molecular formula is C20H17N5O3. The molecule has 1 aromatic heterocycles. The number of carbonyl (C=O) groups excluding carboxylic acids is 3. The highest BCUT2D eigenvalue weighted by molar-refractivity contribution is 6.09. The van der Waals surface area contributed by atoms with Gasteiger partial charge in [-0.1, -0.05) is 48.5 Å². The number of amides is 4. The molecule has 1 fully saturated rings. The average molecular weight is 375 g/mol. The number of carbonyl (C=O) groups is 3. The number of urea groups is 1. The second-order valence-corrected chi connectivity index (χ2v) is 6.51. The molecule has 8 heteroatoms. The van der Waals surface area contributed by atoms with Crippen molar-refractivity contribution in [2.45, 2.75) is 12.5 Å². The van der Waals surface area contributed by atoms with E-state index in [0.29, 0.717) is 10.6 Å². The van der Waals surface area contributed by atoms with Crippen LogP contribution in [-0.4, -0.2) is 32.6 Å². The van der Waals surface area contributed by atoms with E-state index in [1.165, 1.54) is 17.1 Å². The molecule has 1 atom stereocenters. The summed E-state index contributed by atoms with van der Waals surface area (Å²) in [7, 11) is 0. The standard InChI is InChI=1S/C20H17N5O3/c1-20(15-8-4-2-5-9-15)18(27)25(19(28)22-20)23-17(26)14-12-21-24(13-14)16-10-6-3-7-11-16/h2-13H,1H3,(H,22,28)(H,23,26). The van der Waals surface area contributed by atoms with Gasteiger partial charge in [-0.25, -0.2) is 9.48 Å². The highest BCUT2D eigenvalue weighted by atomic mass is 16.2. The fourth-order valence-electron chi connectivity index (χ4n) is 3.04. The van der Waals surface area contributed by atoms with Crippen LogP contribution < -0.4 is 10.7 Å². The summed E-state index contributed by atoms with van der Waals surface area (Å²) in [5.74, 6) is -1.17. The minimum Gasteiger partial charge on any atom is -0.318 e. The molecule has 4 rings (SSSR count). The number of imide groups is 1. The number of para-hydroxylation sites is 1. The van der Waals surface area contributed by atoms with Crippen LogP contribution in [0.1, 0.15) is 22.8 Å². The molecule has 0 bridgehead atoms. The monoisotopic (exact) mass is 375 g/mol. The number of hydrogen-bond donors (Lipinski definition) is 2. The second kappa shape index (κ2) is 6.66. The van der Waals surface area contributed by atoms with Gasteiger partial charge in [0.25, 0.3) is 11.8 Å². The van der Waals surface area contributed by atoms with Crippen molar-refractivity contribution in [1.82, 2.24) is 25.5 Å². The minimum atomic E-state index is -1.25. The van der Waals surface area contributed by atoms with Crippen LogP contribution in [0, 0.1) is 0 Å². The Morgan fingerprint density at radius 1 is 1.04 bits per heavy atom. The van der Waals surface area contributed by atoms with Gasteiger partial charge < -0.3 is 5.32 Å². The molecule has 0 spiro atoms. The van der Waals surface area contributed by atoms with Crippen molar-refractivity contribution in [3.63, 3.8) is 0 Å². The van der Waals surface area contributed by atoms with E-state index >= 15 is 0 Å². The van der Waals surface area contributed by atoms with E-state index in [-0.39, 0.29) is 5.56 Å². The lowest BCUT2D eigenvalue weighted by molar-refractivity contribution is -0.132. The largest absolute Gasteiger partial charge is 0.344 e. The van der Waals surface area contributed by atoms with E-state index in [9.17, 15) is 14.4 Å². The molecule has 28 heavy (non-hydrogen) atoms. The van der Waals surface area contributed by atoms with Crippen molar-refractivity contribution in [2.75, 3.05) is 0 Å². The van der Waals surface area contributed by atoms with Gasteiger partial charge in [0.05, 0.1) is 17.4 Å². The highest BCUT2D eigenvalue weighted by Crippen LogP contribution is 2.27. The number of nitrogens with one attached hydrogen (secondary N) is 2. The van der Waals surface area contributed by atoms with Crippen LogP contribution in [0.5, 0.6) is 0 Å². The molecule has 8 nitrogen and oxygen atoms in total. The van der Waals surface area contributed by atoms with Crippen LogP contribution in [-0.2, 0) is 10.3 Å². The van der Waals surface area contributed by atoms with Crippen LogP contribution in [0.3, 0.4) is 0 Å². The smallest absolute Gasteiger partial charge is 0.318 e. The van der Waals surface area contributed by atoms with Crippen LogP contribution in [0.25, 0.3) is 5.69 Å². The lowest BCUT2D eigenvalue weighted by atomic mass is 9.92. The van der Waals surface area contributed by atoms with Crippen LogP contribution >= 0.6 is 0 Å². The maximum absolute atomic E-state index is 12.8. The van der Waals surface area contributed by atoms with Gasteiger partial charge in [0.2, 0.25) is 0 Å². The van der Waals surface area contributed by atoms with Gasteiger partial charge in [-0.15, -0.1) is 0 Å². The highest BCUT2D eigenvalue weighted by Gasteiger charge is 2.50. The molecule has 4 amide bonds. The summed E-state index contributed by atoms with van der Waals surface area (Å²) in [4.78, 5) is 37.7. The molecule has 0 saturated carbocycles. The van der Waals surface area contributed by atoms with Crippen LogP contribution in [0.2, 0.25) is 0 Å². The fraction of sp³-hybridized carbons (Fsp3) is 0.100. The zero-order chi connectivity index (χ0) is 19.7. The maximum atomic E-state index is 12.8. The molecule has 3 aromatic rings. The molecule has 2 heterocycles. The molecule has 1 unspecified atom stereocenters. The number of benzene rings is 2. The normalized spacial score (nSPS) is 18.8. The van der Waals surface area contributed by atoms with Gasteiger partial charge in [-0.3, -0.25) is 15.0 Å². The molecule has 1 aliphatic heterocycles. The van der Waals surface area contributed by atoms with Crippen LogP contribution in [0.15, 0.2) is 73.1 Å². The molecule has 2 N–H and O–H groups in total. The van der Waals surface area contributed by atoms with Crippen molar-refractivity contribution in [2.24, 2.45) is 0 Å². The van der Waals surface area contributed by atoms with E-state index in [2.05, 4.69) is 15.8 Å². The summed E-state index contributed by atoms with van der Waals surface area (Å²) in [6.45, 7) is 1.60. The minimum absolute atomic E-state index is 0.220. The Kier molecular flexibility index (Phi) is 4.15. The third-order valence-electron chi connectivity index (χ3n) is 4.62. The number of hydrogen-bond acceptors (Lipinski definition) is 4. The third kappa shape index (κ3) is 2.90. The van der Waals surface area contributed by atoms with E-state index in [4.69, 9.17) is 0 Å².